The van der Waals surface area contributed by atoms with Crippen molar-refractivity contribution >= 4 is 39.2 Å². The maximum Gasteiger partial charge on any atom is 0.419 e. The van der Waals surface area contributed by atoms with Gasteiger partial charge in [0.2, 0.25) is 0 Å². The summed E-state index contributed by atoms with van der Waals surface area (Å²) in [5.41, 5.74) is 0.324. The zero-order valence-corrected chi connectivity index (χ0v) is 12.5. The predicted molar refractivity (Wildman–Crippen MR) is 76.7 cm³/mol. The van der Waals surface area contributed by atoms with E-state index in [1.807, 2.05) is 12.1 Å². The number of carbonyl (C=O) groups is 2. The predicted octanol–water partition coefficient (Wildman–Crippen LogP) is 4.00. The fourth-order valence-electron chi connectivity index (χ4n) is 1.81. The lowest BCUT2D eigenvalue weighted by Gasteiger charge is -2.20. The van der Waals surface area contributed by atoms with E-state index in [-0.39, 0.29) is 5.69 Å². The third-order valence-corrected chi connectivity index (χ3v) is 2.98. The van der Waals surface area contributed by atoms with E-state index in [1.165, 1.54) is 4.57 Å². The van der Waals surface area contributed by atoms with Crippen molar-refractivity contribution in [2.45, 2.75) is 26.4 Å². The summed E-state index contributed by atoms with van der Waals surface area (Å²) < 4.78 is 7.50. The standard InChI is InChI=1S/C14H14BrNO3/c1-14(2,3)19-13(18)16-11(8-17)7-9-6-10(15)4-5-12(9)16/h4-8H,1-3H3. The number of fused-ring (bicyclic) bond motifs is 1. The van der Waals surface area contributed by atoms with E-state index in [0.29, 0.717) is 11.8 Å². The molecule has 0 saturated carbocycles. The van der Waals surface area contributed by atoms with Gasteiger partial charge in [0, 0.05) is 9.86 Å². The lowest BCUT2D eigenvalue weighted by Crippen LogP contribution is -2.27. The number of aldehydes is 1. The van der Waals surface area contributed by atoms with Gasteiger partial charge in [0.25, 0.3) is 0 Å². The second-order valence-corrected chi connectivity index (χ2v) is 6.12. The SMILES string of the molecule is CC(C)(C)OC(=O)n1c(C=O)cc2cc(Br)ccc21. The van der Waals surface area contributed by atoms with Crippen LogP contribution in [-0.2, 0) is 4.74 Å². The van der Waals surface area contributed by atoms with Gasteiger partial charge in [-0.05, 0) is 45.0 Å². The van der Waals surface area contributed by atoms with Crippen LogP contribution in [-0.4, -0.2) is 22.5 Å². The molecule has 0 spiro atoms. The first-order valence-corrected chi connectivity index (χ1v) is 6.60. The van der Waals surface area contributed by atoms with Crippen molar-refractivity contribution in [3.8, 4) is 0 Å². The number of ether oxygens (including phenoxy) is 1. The minimum atomic E-state index is -0.608. The largest absolute Gasteiger partial charge is 0.443 e. The molecule has 1 aromatic heterocycles. The van der Waals surface area contributed by atoms with Gasteiger partial charge in [0.15, 0.2) is 6.29 Å². The highest BCUT2D eigenvalue weighted by atomic mass is 79.9. The van der Waals surface area contributed by atoms with Crippen LogP contribution in [0.1, 0.15) is 31.3 Å². The summed E-state index contributed by atoms with van der Waals surface area (Å²) in [6.45, 7) is 5.36. The molecule has 1 aromatic carbocycles. The topological polar surface area (TPSA) is 48.3 Å². The Morgan fingerprint density at radius 2 is 2.00 bits per heavy atom. The molecule has 0 unspecified atom stereocenters. The summed E-state index contributed by atoms with van der Waals surface area (Å²) in [7, 11) is 0. The Morgan fingerprint density at radius 1 is 1.32 bits per heavy atom. The number of hydrogen-bond acceptors (Lipinski definition) is 3. The fraction of sp³-hybridized carbons (Fsp3) is 0.286. The molecular weight excluding hydrogens is 310 g/mol. The Balaban J connectivity index is 2.58. The van der Waals surface area contributed by atoms with Gasteiger partial charge in [0.05, 0.1) is 11.2 Å². The summed E-state index contributed by atoms with van der Waals surface area (Å²) in [4.78, 5) is 23.3. The van der Waals surface area contributed by atoms with Crippen molar-refractivity contribution in [3.05, 3.63) is 34.4 Å². The van der Waals surface area contributed by atoms with E-state index >= 15 is 0 Å². The first kappa shape index (κ1) is 13.8. The van der Waals surface area contributed by atoms with Gasteiger partial charge < -0.3 is 4.74 Å². The summed E-state index contributed by atoms with van der Waals surface area (Å²) in [5.74, 6) is 0. The van der Waals surface area contributed by atoms with Crippen LogP contribution < -0.4 is 0 Å². The molecule has 0 fully saturated rings. The van der Waals surface area contributed by atoms with Gasteiger partial charge in [-0.25, -0.2) is 9.36 Å². The number of nitrogens with zero attached hydrogens (tertiary/aromatic N) is 1. The highest BCUT2D eigenvalue weighted by Crippen LogP contribution is 2.24. The quantitative estimate of drug-likeness (QED) is 0.745. The van der Waals surface area contributed by atoms with Crippen LogP contribution in [0.3, 0.4) is 0 Å². The zero-order valence-electron chi connectivity index (χ0n) is 10.9. The van der Waals surface area contributed by atoms with Gasteiger partial charge in [-0.2, -0.15) is 0 Å². The Morgan fingerprint density at radius 3 is 2.58 bits per heavy atom. The van der Waals surface area contributed by atoms with Crippen molar-refractivity contribution in [3.63, 3.8) is 0 Å². The van der Waals surface area contributed by atoms with Crippen LogP contribution in [0.4, 0.5) is 4.79 Å². The van der Waals surface area contributed by atoms with Crippen LogP contribution in [0, 0.1) is 0 Å². The smallest absolute Gasteiger partial charge is 0.419 e. The first-order chi connectivity index (χ1) is 8.81. The van der Waals surface area contributed by atoms with E-state index in [2.05, 4.69) is 15.9 Å². The summed E-state index contributed by atoms with van der Waals surface area (Å²) in [5, 5.41) is 0.808. The molecule has 0 aliphatic heterocycles. The van der Waals surface area contributed by atoms with Crippen molar-refractivity contribution in [1.29, 1.82) is 0 Å². The third-order valence-electron chi connectivity index (χ3n) is 2.49. The molecular formula is C14H14BrNO3. The molecule has 100 valence electrons. The first-order valence-electron chi connectivity index (χ1n) is 5.81. The molecule has 4 nitrogen and oxygen atoms in total. The van der Waals surface area contributed by atoms with Crippen LogP contribution >= 0.6 is 15.9 Å². The monoisotopic (exact) mass is 323 g/mol. The fourth-order valence-corrected chi connectivity index (χ4v) is 2.18. The number of rotatable bonds is 1. The van der Waals surface area contributed by atoms with E-state index in [4.69, 9.17) is 4.74 Å². The normalized spacial score (nSPS) is 11.6. The van der Waals surface area contributed by atoms with E-state index < -0.39 is 11.7 Å². The average molecular weight is 324 g/mol. The van der Waals surface area contributed by atoms with Crippen molar-refractivity contribution < 1.29 is 14.3 Å². The van der Waals surface area contributed by atoms with Gasteiger partial charge in [-0.1, -0.05) is 15.9 Å². The number of carbonyl (C=O) groups excluding carboxylic acids is 2. The highest BCUT2D eigenvalue weighted by Gasteiger charge is 2.21. The molecule has 0 aliphatic carbocycles. The summed E-state index contributed by atoms with van der Waals surface area (Å²) in [6, 6.07) is 7.11. The molecule has 0 amide bonds. The third kappa shape index (κ3) is 2.87. The zero-order chi connectivity index (χ0) is 14.2. The van der Waals surface area contributed by atoms with Gasteiger partial charge in [-0.15, -0.1) is 0 Å². The van der Waals surface area contributed by atoms with Crippen LogP contribution in [0.2, 0.25) is 0 Å². The van der Waals surface area contributed by atoms with Crippen LogP contribution in [0.15, 0.2) is 28.7 Å². The molecule has 0 bridgehead atoms. The van der Waals surface area contributed by atoms with Crippen molar-refractivity contribution in [1.82, 2.24) is 4.57 Å². The molecule has 0 atom stereocenters. The Labute approximate surface area is 119 Å². The van der Waals surface area contributed by atoms with Gasteiger partial charge >= 0.3 is 6.09 Å². The Kier molecular flexibility index (Phi) is 3.49. The molecule has 0 radical (unpaired) electrons. The minimum Gasteiger partial charge on any atom is -0.443 e. The average Bonchev–Trinajstić information content (AvgIpc) is 2.63. The van der Waals surface area contributed by atoms with Crippen molar-refractivity contribution in [2.75, 3.05) is 0 Å². The molecule has 0 N–H and O–H groups in total. The summed E-state index contributed by atoms with van der Waals surface area (Å²) >= 11 is 3.36. The summed E-state index contributed by atoms with van der Waals surface area (Å²) in [6.07, 6.45) is 0.101. The second-order valence-electron chi connectivity index (χ2n) is 5.21. The molecule has 0 saturated heterocycles. The molecule has 1 heterocycles. The minimum absolute atomic E-state index is 0.280. The van der Waals surface area contributed by atoms with Crippen LogP contribution in [0.25, 0.3) is 10.9 Å². The van der Waals surface area contributed by atoms with E-state index in [1.54, 1.807) is 32.9 Å². The van der Waals surface area contributed by atoms with E-state index in [0.717, 1.165) is 9.86 Å². The molecule has 2 aromatic rings. The Bertz CT molecular complexity index is 652. The maximum atomic E-state index is 12.2. The molecule has 19 heavy (non-hydrogen) atoms. The molecule has 0 aliphatic rings. The molecule has 5 heteroatoms. The lowest BCUT2D eigenvalue weighted by molar-refractivity contribution is 0.0538. The number of hydrogen-bond donors (Lipinski definition) is 0. The Hall–Kier alpha value is -1.62. The highest BCUT2D eigenvalue weighted by molar-refractivity contribution is 9.10. The number of aromatic nitrogens is 1. The van der Waals surface area contributed by atoms with E-state index in [9.17, 15) is 9.59 Å². The van der Waals surface area contributed by atoms with Gasteiger partial charge in [0.1, 0.15) is 5.60 Å². The number of halogens is 1. The lowest BCUT2D eigenvalue weighted by atomic mass is 10.2. The maximum absolute atomic E-state index is 12.2. The second kappa shape index (κ2) is 4.81. The van der Waals surface area contributed by atoms with Crippen molar-refractivity contribution in [2.24, 2.45) is 0 Å². The van der Waals surface area contributed by atoms with Crippen LogP contribution in [0.5, 0.6) is 0 Å². The van der Waals surface area contributed by atoms with Gasteiger partial charge in [-0.3, -0.25) is 4.79 Å². The molecule has 2 rings (SSSR count). The number of benzene rings is 1.